The second-order valence-electron chi connectivity index (χ2n) is 9.30. The van der Waals surface area contributed by atoms with Crippen LogP contribution >= 0.6 is 0 Å². The second kappa shape index (κ2) is 7.31. The van der Waals surface area contributed by atoms with Crippen LogP contribution < -0.4 is 9.80 Å². The van der Waals surface area contributed by atoms with Gasteiger partial charge in [-0.2, -0.15) is 0 Å². The summed E-state index contributed by atoms with van der Waals surface area (Å²) in [7, 11) is 0. The van der Waals surface area contributed by atoms with Crippen LogP contribution in [-0.4, -0.2) is 6.67 Å². The van der Waals surface area contributed by atoms with E-state index in [2.05, 4.69) is 100 Å². The van der Waals surface area contributed by atoms with Crippen LogP contribution in [0.15, 0.2) is 48.8 Å². The Morgan fingerprint density at radius 1 is 0.714 bits per heavy atom. The molecule has 2 atom stereocenters. The molecule has 0 radical (unpaired) electrons. The van der Waals surface area contributed by atoms with Crippen LogP contribution in [0.1, 0.15) is 93.9 Å². The van der Waals surface area contributed by atoms with Crippen LogP contribution in [-0.2, 0) is 0 Å². The lowest BCUT2D eigenvalue weighted by Gasteiger charge is -2.34. The van der Waals surface area contributed by atoms with Gasteiger partial charge in [-0.05, 0) is 52.3 Å². The van der Waals surface area contributed by atoms with E-state index in [1.807, 2.05) is 0 Å². The Morgan fingerprint density at radius 2 is 1.14 bits per heavy atom. The van der Waals surface area contributed by atoms with Crippen molar-refractivity contribution in [2.24, 2.45) is 0 Å². The number of fused-ring (bicyclic) bond motifs is 6. The molecule has 28 heavy (non-hydrogen) atoms. The quantitative estimate of drug-likeness (QED) is 0.544. The first-order chi connectivity index (χ1) is 13.4. The molecule has 0 fully saturated rings. The molecule has 0 aromatic heterocycles. The molecule has 0 saturated carbocycles. The Hall–Kier alpha value is -2.22. The van der Waals surface area contributed by atoms with E-state index in [0.717, 1.165) is 6.67 Å². The van der Waals surface area contributed by atoms with Crippen molar-refractivity contribution in [3.05, 3.63) is 71.1 Å². The van der Waals surface area contributed by atoms with Crippen molar-refractivity contribution < 1.29 is 0 Å². The van der Waals surface area contributed by atoms with E-state index in [4.69, 9.17) is 0 Å². The molecule has 0 aliphatic carbocycles. The Bertz CT molecular complexity index is 822. The first kappa shape index (κ1) is 19.1. The van der Waals surface area contributed by atoms with Crippen LogP contribution in [0.25, 0.3) is 0 Å². The summed E-state index contributed by atoms with van der Waals surface area (Å²) < 4.78 is 0. The van der Waals surface area contributed by atoms with E-state index < -0.39 is 0 Å². The van der Waals surface area contributed by atoms with E-state index in [-0.39, 0.29) is 0 Å². The molecule has 0 saturated heterocycles. The van der Waals surface area contributed by atoms with Gasteiger partial charge in [-0.1, -0.05) is 77.9 Å². The molecule has 0 N–H and O–H groups in total. The molecule has 2 aromatic rings. The number of para-hydroxylation sites is 2. The largest absolute Gasteiger partial charge is 0.327 e. The number of benzene rings is 2. The lowest BCUT2D eigenvalue weighted by molar-refractivity contribution is 0.588. The topological polar surface area (TPSA) is 6.48 Å². The zero-order valence-corrected chi connectivity index (χ0v) is 18.2. The molecule has 0 spiro atoms. The predicted octanol–water partition coefficient (Wildman–Crippen LogP) is 7.30. The minimum atomic E-state index is 0.517. The van der Waals surface area contributed by atoms with Gasteiger partial charge in [-0.3, -0.25) is 0 Å². The Kier molecular flexibility index (Phi) is 4.99. The first-order valence-electron chi connectivity index (χ1n) is 10.9. The monoisotopic (exact) mass is 374 g/mol. The van der Waals surface area contributed by atoms with Crippen LogP contribution in [0.4, 0.5) is 11.4 Å². The fourth-order valence-corrected chi connectivity index (χ4v) is 5.04. The normalized spacial score (nSPS) is 21.3. The Balaban J connectivity index is 1.91. The summed E-state index contributed by atoms with van der Waals surface area (Å²) in [6, 6.07) is 13.8. The summed E-state index contributed by atoms with van der Waals surface area (Å²) in [5.41, 5.74) is 8.77. The number of hydrogen-bond acceptors (Lipinski definition) is 2. The van der Waals surface area contributed by atoms with Gasteiger partial charge in [-0.15, -0.1) is 0 Å². The number of hydrogen-bond donors (Lipinski definition) is 0. The molecular formula is C26H34N2. The highest BCUT2D eigenvalue weighted by Gasteiger charge is 2.30. The highest BCUT2D eigenvalue weighted by molar-refractivity contribution is 5.71. The van der Waals surface area contributed by atoms with Crippen LogP contribution in [0.2, 0.25) is 0 Å². The molecule has 2 bridgehead atoms. The smallest absolute Gasteiger partial charge is 0.0989 e. The molecule has 4 rings (SSSR count). The van der Waals surface area contributed by atoms with E-state index in [9.17, 15) is 0 Å². The van der Waals surface area contributed by atoms with E-state index >= 15 is 0 Å². The van der Waals surface area contributed by atoms with Crippen LogP contribution in [0.5, 0.6) is 0 Å². The molecular weight excluding hydrogens is 340 g/mol. The minimum absolute atomic E-state index is 0.517. The fraction of sp³-hybridized carbons (Fsp3) is 0.462. The van der Waals surface area contributed by atoms with Gasteiger partial charge in [0.15, 0.2) is 0 Å². The van der Waals surface area contributed by atoms with E-state index in [1.165, 1.54) is 40.0 Å². The molecule has 2 heterocycles. The van der Waals surface area contributed by atoms with Crippen molar-refractivity contribution >= 4 is 11.4 Å². The van der Waals surface area contributed by atoms with Gasteiger partial charge in [0.25, 0.3) is 0 Å². The average Bonchev–Trinajstić information content (AvgIpc) is 3.15. The molecule has 2 aliphatic heterocycles. The maximum Gasteiger partial charge on any atom is 0.0989 e. The molecule has 0 amide bonds. The highest BCUT2D eigenvalue weighted by Crippen LogP contribution is 2.45. The predicted molar refractivity (Wildman–Crippen MR) is 121 cm³/mol. The van der Waals surface area contributed by atoms with Crippen molar-refractivity contribution in [3.8, 4) is 0 Å². The zero-order chi connectivity index (χ0) is 20.0. The molecule has 2 heteroatoms. The highest BCUT2D eigenvalue weighted by atomic mass is 15.3. The Labute approximate surface area is 170 Å². The van der Waals surface area contributed by atoms with Gasteiger partial charge in [0.2, 0.25) is 0 Å². The lowest BCUT2D eigenvalue weighted by atomic mass is 9.82. The average molecular weight is 375 g/mol. The van der Waals surface area contributed by atoms with Gasteiger partial charge in [0, 0.05) is 23.8 Å². The third kappa shape index (κ3) is 3.13. The fourth-order valence-electron chi connectivity index (χ4n) is 5.04. The molecule has 148 valence electrons. The van der Waals surface area contributed by atoms with E-state index in [1.54, 1.807) is 0 Å². The molecule has 2 aromatic carbocycles. The number of anilines is 2. The van der Waals surface area contributed by atoms with Gasteiger partial charge in [-0.25, -0.2) is 0 Å². The van der Waals surface area contributed by atoms with Crippen molar-refractivity contribution in [2.45, 2.75) is 71.6 Å². The summed E-state index contributed by atoms with van der Waals surface area (Å²) >= 11 is 0. The summed E-state index contributed by atoms with van der Waals surface area (Å²) in [5, 5.41) is 0. The second-order valence-corrected chi connectivity index (χ2v) is 9.30. The van der Waals surface area contributed by atoms with Crippen molar-refractivity contribution in [2.75, 3.05) is 16.5 Å². The van der Waals surface area contributed by atoms with Crippen LogP contribution in [0, 0.1) is 0 Å². The SMILES string of the molecule is CC(C)c1cccc2c1N1C=CN(C1)c1c(C(C)C)cccc1C(C)CC2C. The van der Waals surface area contributed by atoms with Gasteiger partial charge >= 0.3 is 0 Å². The third-order valence-electron chi connectivity index (χ3n) is 6.52. The maximum absolute atomic E-state index is 2.47. The standard InChI is InChI=1S/C26H34N2/c1-17(2)21-9-7-11-23-19(5)15-20(6)24-12-8-10-22(18(3)4)26(24)28-14-13-27(16-28)25(21)23/h7-14,17-20H,15-16H2,1-6H3. The molecule has 2 nitrogen and oxygen atoms in total. The third-order valence-corrected chi connectivity index (χ3v) is 6.52. The first-order valence-corrected chi connectivity index (χ1v) is 10.9. The summed E-state index contributed by atoms with van der Waals surface area (Å²) in [6.45, 7) is 15.0. The van der Waals surface area contributed by atoms with Gasteiger partial charge in [0.05, 0.1) is 6.67 Å². The Morgan fingerprint density at radius 3 is 1.54 bits per heavy atom. The van der Waals surface area contributed by atoms with Crippen molar-refractivity contribution in [1.82, 2.24) is 0 Å². The summed E-state index contributed by atoms with van der Waals surface area (Å²) in [6.07, 6.45) is 5.74. The lowest BCUT2D eigenvalue weighted by Crippen LogP contribution is -2.29. The summed E-state index contributed by atoms with van der Waals surface area (Å²) in [4.78, 5) is 4.94. The number of nitrogens with zero attached hydrogens (tertiary/aromatic N) is 2. The maximum atomic E-state index is 2.47. The zero-order valence-electron chi connectivity index (χ0n) is 18.2. The number of rotatable bonds is 2. The van der Waals surface area contributed by atoms with Crippen LogP contribution in [0.3, 0.4) is 0 Å². The van der Waals surface area contributed by atoms with Gasteiger partial charge < -0.3 is 9.80 Å². The molecule has 2 unspecified atom stereocenters. The summed E-state index contributed by atoms with van der Waals surface area (Å²) in [5.74, 6) is 2.09. The minimum Gasteiger partial charge on any atom is -0.327 e. The van der Waals surface area contributed by atoms with Crippen molar-refractivity contribution in [3.63, 3.8) is 0 Å². The van der Waals surface area contributed by atoms with Gasteiger partial charge in [0.1, 0.15) is 0 Å². The van der Waals surface area contributed by atoms with E-state index in [0.29, 0.717) is 23.7 Å². The van der Waals surface area contributed by atoms with Crippen molar-refractivity contribution in [1.29, 1.82) is 0 Å². The molecule has 2 aliphatic rings.